The van der Waals surface area contributed by atoms with E-state index >= 15 is 0 Å². The third-order valence-electron chi connectivity index (χ3n) is 6.58. The lowest BCUT2D eigenvalue weighted by Crippen LogP contribution is -2.59. The molecule has 1 saturated heterocycles. The Morgan fingerprint density at radius 3 is 2.53 bits per heavy atom. The first-order valence-electron chi connectivity index (χ1n) is 10.7. The number of hydrogen-bond acceptors (Lipinski definition) is 7. The van der Waals surface area contributed by atoms with Gasteiger partial charge >= 0.3 is 0 Å². The van der Waals surface area contributed by atoms with Gasteiger partial charge in [-0.2, -0.15) is 5.10 Å². The van der Waals surface area contributed by atoms with E-state index in [1.807, 2.05) is 36.4 Å². The van der Waals surface area contributed by atoms with Crippen LogP contribution in [0.1, 0.15) is 36.4 Å². The summed E-state index contributed by atoms with van der Waals surface area (Å²) in [4.78, 5) is 0. The molecule has 0 amide bonds. The Labute approximate surface area is 188 Å². The topological polar surface area (TPSA) is 80.7 Å². The van der Waals surface area contributed by atoms with E-state index in [2.05, 4.69) is 11.1 Å². The molecule has 0 bridgehead atoms. The second kappa shape index (κ2) is 7.67. The summed E-state index contributed by atoms with van der Waals surface area (Å²) in [6.07, 6.45) is 3.00. The highest BCUT2D eigenvalue weighted by Gasteiger charge is 2.53. The summed E-state index contributed by atoms with van der Waals surface area (Å²) in [7, 11) is 0.0353. The van der Waals surface area contributed by atoms with Gasteiger partial charge in [-0.05, 0) is 18.2 Å². The summed E-state index contributed by atoms with van der Waals surface area (Å²) in [6.45, 7) is 0.771. The summed E-state index contributed by atoms with van der Waals surface area (Å²) >= 11 is 0. The van der Waals surface area contributed by atoms with Gasteiger partial charge in [0.15, 0.2) is 11.5 Å². The number of rotatable bonds is 4. The van der Waals surface area contributed by atoms with E-state index in [4.69, 9.17) is 19.3 Å². The van der Waals surface area contributed by atoms with Gasteiger partial charge in [-0.15, -0.1) is 0 Å². The molecule has 8 nitrogen and oxygen atoms in total. The maximum Gasteiger partial charge on any atom is 0.211 e. The van der Waals surface area contributed by atoms with E-state index in [0.29, 0.717) is 38.1 Å². The number of piperidine rings is 1. The quantitative estimate of drug-likeness (QED) is 0.702. The van der Waals surface area contributed by atoms with Gasteiger partial charge in [-0.3, -0.25) is 0 Å². The Hall–Kier alpha value is -2.78. The van der Waals surface area contributed by atoms with Crippen LogP contribution in [0.4, 0.5) is 0 Å². The van der Waals surface area contributed by atoms with Crippen LogP contribution in [0.25, 0.3) is 0 Å². The van der Waals surface area contributed by atoms with Crippen molar-refractivity contribution >= 4 is 15.7 Å². The van der Waals surface area contributed by atoms with Crippen LogP contribution in [0.3, 0.4) is 0 Å². The molecule has 0 aromatic heterocycles. The maximum absolute atomic E-state index is 12.1. The number of sulfonamides is 1. The smallest absolute Gasteiger partial charge is 0.211 e. The fourth-order valence-electron chi connectivity index (χ4n) is 4.91. The van der Waals surface area contributed by atoms with Crippen molar-refractivity contribution < 1.29 is 22.6 Å². The highest BCUT2D eigenvalue weighted by Crippen LogP contribution is 2.52. The van der Waals surface area contributed by atoms with Crippen molar-refractivity contribution in [1.82, 2.24) is 9.31 Å². The molecule has 0 N–H and O–H groups in total. The molecule has 0 saturated carbocycles. The van der Waals surface area contributed by atoms with Crippen LogP contribution in [0, 0.1) is 0 Å². The molecule has 1 unspecified atom stereocenters. The van der Waals surface area contributed by atoms with Crippen LogP contribution in [0.2, 0.25) is 0 Å². The molecule has 1 spiro atoms. The van der Waals surface area contributed by atoms with Crippen molar-refractivity contribution in [2.75, 3.05) is 33.6 Å². The van der Waals surface area contributed by atoms with Gasteiger partial charge < -0.3 is 14.2 Å². The van der Waals surface area contributed by atoms with Crippen LogP contribution in [0.5, 0.6) is 17.2 Å². The van der Waals surface area contributed by atoms with Crippen LogP contribution >= 0.6 is 0 Å². The largest absolute Gasteiger partial charge is 0.497 e. The van der Waals surface area contributed by atoms with Crippen LogP contribution in [-0.4, -0.2) is 62.7 Å². The normalized spacial score (nSPS) is 22.0. The molecule has 3 heterocycles. The Morgan fingerprint density at radius 2 is 1.84 bits per heavy atom. The van der Waals surface area contributed by atoms with Crippen molar-refractivity contribution in [3.63, 3.8) is 0 Å². The van der Waals surface area contributed by atoms with Crippen molar-refractivity contribution in [2.45, 2.75) is 31.0 Å². The van der Waals surface area contributed by atoms with Crippen LogP contribution < -0.4 is 14.2 Å². The molecule has 3 aliphatic heterocycles. The minimum Gasteiger partial charge on any atom is -0.497 e. The molecular formula is C23H27N3O5S. The van der Waals surface area contributed by atoms with Gasteiger partial charge in [0.1, 0.15) is 5.75 Å². The SMILES string of the molecule is COc1cccc(C2=NN3C(C2)c2cccc(OC)c2OC32CCN(S(C)(=O)=O)CC2)c1. The zero-order chi connectivity index (χ0) is 22.5. The fourth-order valence-corrected chi connectivity index (χ4v) is 5.75. The molecule has 2 aromatic rings. The number of nitrogens with zero attached hydrogens (tertiary/aromatic N) is 3. The summed E-state index contributed by atoms with van der Waals surface area (Å²) in [5.74, 6) is 2.19. The molecule has 2 aromatic carbocycles. The third kappa shape index (κ3) is 3.40. The van der Waals surface area contributed by atoms with Gasteiger partial charge in [0.25, 0.3) is 0 Å². The van der Waals surface area contributed by atoms with Crippen molar-refractivity contribution in [1.29, 1.82) is 0 Å². The first-order chi connectivity index (χ1) is 15.3. The molecule has 32 heavy (non-hydrogen) atoms. The highest BCUT2D eigenvalue weighted by molar-refractivity contribution is 7.88. The van der Waals surface area contributed by atoms with E-state index in [1.54, 1.807) is 14.2 Å². The average Bonchev–Trinajstić information content (AvgIpc) is 3.26. The number of fused-ring (bicyclic) bond motifs is 4. The Morgan fingerprint density at radius 1 is 1.09 bits per heavy atom. The van der Waals surface area contributed by atoms with Crippen LogP contribution in [-0.2, 0) is 10.0 Å². The summed E-state index contributed by atoms with van der Waals surface area (Å²) in [5, 5.41) is 7.09. The summed E-state index contributed by atoms with van der Waals surface area (Å²) < 4.78 is 43.3. The molecule has 3 aliphatic rings. The molecular weight excluding hydrogens is 430 g/mol. The van der Waals surface area contributed by atoms with Gasteiger partial charge in [0, 0.05) is 43.5 Å². The monoisotopic (exact) mass is 457 g/mol. The molecule has 0 radical (unpaired) electrons. The molecule has 1 atom stereocenters. The molecule has 1 fully saturated rings. The Bertz CT molecular complexity index is 1170. The first-order valence-corrected chi connectivity index (χ1v) is 12.5. The van der Waals surface area contributed by atoms with E-state index in [-0.39, 0.29) is 6.04 Å². The lowest BCUT2D eigenvalue weighted by Gasteiger charge is -2.50. The maximum atomic E-state index is 12.1. The van der Waals surface area contributed by atoms with E-state index in [1.165, 1.54) is 10.6 Å². The number of hydrogen-bond donors (Lipinski definition) is 0. The Balaban J connectivity index is 1.57. The van der Waals surface area contributed by atoms with E-state index < -0.39 is 15.7 Å². The van der Waals surface area contributed by atoms with Crippen molar-refractivity contribution in [2.24, 2.45) is 5.10 Å². The first kappa shape index (κ1) is 21.1. The predicted molar refractivity (Wildman–Crippen MR) is 121 cm³/mol. The number of methoxy groups -OCH3 is 2. The van der Waals surface area contributed by atoms with Crippen molar-refractivity contribution in [3.8, 4) is 17.2 Å². The molecule has 5 rings (SSSR count). The Kier molecular flexibility index (Phi) is 5.05. The van der Waals surface area contributed by atoms with E-state index in [9.17, 15) is 8.42 Å². The van der Waals surface area contributed by atoms with Gasteiger partial charge in [-0.25, -0.2) is 17.7 Å². The second-order valence-corrected chi connectivity index (χ2v) is 10.4. The summed E-state index contributed by atoms with van der Waals surface area (Å²) in [5.41, 5.74) is 2.26. The minimum atomic E-state index is -3.25. The number of benzene rings is 2. The zero-order valence-corrected chi connectivity index (χ0v) is 19.3. The van der Waals surface area contributed by atoms with Gasteiger partial charge in [-0.1, -0.05) is 24.3 Å². The van der Waals surface area contributed by atoms with Crippen LogP contribution in [0.15, 0.2) is 47.6 Å². The van der Waals surface area contributed by atoms with Crippen molar-refractivity contribution in [3.05, 3.63) is 53.6 Å². The predicted octanol–water partition coefficient (Wildman–Crippen LogP) is 3.00. The second-order valence-electron chi connectivity index (χ2n) is 8.43. The number of hydrazone groups is 1. The molecule has 9 heteroatoms. The van der Waals surface area contributed by atoms with Gasteiger partial charge in [0.05, 0.1) is 32.2 Å². The average molecular weight is 458 g/mol. The summed E-state index contributed by atoms with van der Waals surface area (Å²) in [6, 6.07) is 13.8. The fraction of sp³-hybridized carbons (Fsp3) is 0.435. The van der Waals surface area contributed by atoms with E-state index in [0.717, 1.165) is 28.3 Å². The lowest BCUT2D eigenvalue weighted by atomic mass is 9.91. The molecule has 170 valence electrons. The zero-order valence-electron chi connectivity index (χ0n) is 18.4. The minimum absolute atomic E-state index is 0.0140. The lowest BCUT2D eigenvalue weighted by molar-refractivity contribution is -0.144. The standard InChI is InChI=1S/C23H27N3O5S/c1-29-17-7-4-6-16(14-17)19-15-20-18-8-5-9-21(30-2)22(18)31-23(26(20)24-19)10-12-25(13-11-23)32(3,27)28/h4-9,14,20H,10-13,15H2,1-3H3. The van der Waals surface area contributed by atoms with Gasteiger partial charge in [0.2, 0.25) is 15.7 Å². The number of ether oxygens (including phenoxy) is 3. The third-order valence-corrected chi connectivity index (χ3v) is 7.89. The number of para-hydroxylation sites is 1. The highest BCUT2D eigenvalue weighted by atomic mass is 32.2. The molecule has 0 aliphatic carbocycles.